The topological polar surface area (TPSA) is 318 Å². The quantitative estimate of drug-likeness (QED) is 0.0408. The molecule has 2 aliphatic heterocycles. The van der Waals surface area contributed by atoms with Gasteiger partial charge in [0.1, 0.15) is 21.7 Å². The van der Waals surface area contributed by atoms with E-state index in [4.69, 9.17) is 63.7 Å². The van der Waals surface area contributed by atoms with Crippen molar-refractivity contribution >= 4 is 69.3 Å². The van der Waals surface area contributed by atoms with Crippen LogP contribution in [0.15, 0.2) is 18.2 Å². The number of carbonyl (C=O) groups excluding carboxylic acids is 4. The average molecular weight is 1280 g/mol. The number of nitrogens with one attached hydrogen (secondary N) is 3. The average Bonchev–Trinajstić information content (AvgIpc) is 1.78. The molecule has 0 aliphatic carbocycles. The summed E-state index contributed by atoms with van der Waals surface area (Å²) in [5.74, 6) is -0.381. The van der Waals surface area contributed by atoms with Crippen LogP contribution in [0.1, 0.15) is 53.7 Å². The number of piperazine rings is 2. The summed E-state index contributed by atoms with van der Waals surface area (Å²) in [4.78, 5) is 84.7. The third-order valence-corrected chi connectivity index (χ3v) is 13.7. The van der Waals surface area contributed by atoms with Gasteiger partial charge in [0.05, 0.1) is 147 Å². The van der Waals surface area contributed by atoms with Gasteiger partial charge in [0.25, 0.3) is 11.4 Å². The van der Waals surface area contributed by atoms with Crippen LogP contribution in [0.2, 0.25) is 4.34 Å². The largest absolute Gasteiger partial charge is 0.449 e. The van der Waals surface area contributed by atoms with Gasteiger partial charge in [-0.2, -0.15) is 13.2 Å². The Morgan fingerprint density at radius 1 is 0.674 bits per heavy atom. The van der Waals surface area contributed by atoms with Crippen LogP contribution in [0, 0.1) is 20.2 Å². The van der Waals surface area contributed by atoms with Crippen LogP contribution < -0.4 is 16.0 Å². The fraction of sp³-hybridized carbons (Fsp3) is 0.750. The minimum Gasteiger partial charge on any atom is -0.449 e. The van der Waals surface area contributed by atoms with E-state index in [1.807, 2.05) is 20.8 Å². The molecule has 3 heterocycles. The molecule has 488 valence electrons. The molecule has 86 heavy (non-hydrogen) atoms. The van der Waals surface area contributed by atoms with Crippen molar-refractivity contribution in [3.8, 4) is 0 Å². The van der Waals surface area contributed by atoms with Gasteiger partial charge < -0.3 is 72.5 Å². The van der Waals surface area contributed by atoms with E-state index < -0.39 is 67.6 Å². The van der Waals surface area contributed by atoms with Crippen LogP contribution in [0.3, 0.4) is 0 Å². The fourth-order valence-corrected chi connectivity index (χ4v) is 9.31. The summed E-state index contributed by atoms with van der Waals surface area (Å²) in [6.07, 6.45) is -6.22. The highest BCUT2D eigenvalue weighted by molar-refractivity contribution is 7.19. The number of nitro groups is 2. The van der Waals surface area contributed by atoms with Crippen molar-refractivity contribution in [2.24, 2.45) is 0 Å². The number of amides is 5. The lowest BCUT2D eigenvalue weighted by atomic mass is 10.0. The van der Waals surface area contributed by atoms with Gasteiger partial charge in [0.15, 0.2) is 10.8 Å². The molecule has 34 heteroatoms. The number of urea groups is 1. The molecule has 2 saturated heterocycles. The predicted molar refractivity (Wildman–Crippen MR) is 306 cm³/mol. The number of halogens is 4. The number of non-ortho nitro benzene ring substituents is 1. The van der Waals surface area contributed by atoms with Crippen LogP contribution >= 0.6 is 22.9 Å². The van der Waals surface area contributed by atoms with Gasteiger partial charge in [0, 0.05) is 70.4 Å². The van der Waals surface area contributed by atoms with Crippen molar-refractivity contribution in [3.63, 3.8) is 0 Å². The van der Waals surface area contributed by atoms with E-state index in [0.29, 0.717) is 110 Å². The van der Waals surface area contributed by atoms with Crippen LogP contribution in [0.25, 0.3) is 0 Å². The van der Waals surface area contributed by atoms with Crippen LogP contribution in [-0.2, 0) is 63.1 Å². The first kappa shape index (κ1) is 72.9. The second-order valence-corrected chi connectivity index (χ2v) is 22.6. The highest BCUT2D eigenvalue weighted by Gasteiger charge is 2.44. The lowest BCUT2D eigenvalue weighted by molar-refractivity contribution is -0.393. The molecular weight excluding hydrogens is 1190 g/mol. The summed E-state index contributed by atoms with van der Waals surface area (Å²) in [7, 11) is 0. The number of anilines is 2. The molecule has 1 aromatic carbocycles. The number of alkyl halides is 3. The van der Waals surface area contributed by atoms with E-state index in [9.17, 15) is 52.6 Å². The molecule has 2 aliphatic rings. The fourth-order valence-electron chi connectivity index (χ4n) is 8.23. The number of carbonyl (C=O) groups is 4. The Hall–Kier alpha value is -5.59. The number of nitrogens with zero attached hydrogens (tertiary/aromatic N) is 7. The number of ether oxygens (including phenoxy) is 11. The van der Waals surface area contributed by atoms with Crippen LogP contribution in [0.5, 0.6) is 0 Å². The Labute approximate surface area is 506 Å². The summed E-state index contributed by atoms with van der Waals surface area (Å²) < 4.78 is 100. The van der Waals surface area contributed by atoms with Gasteiger partial charge in [0.2, 0.25) is 5.91 Å². The number of aromatic nitrogens is 1. The maximum atomic E-state index is 14.4. The second-order valence-electron chi connectivity index (χ2n) is 21.0. The maximum Gasteiger partial charge on any atom is 0.435 e. The number of benzene rings is 1. The highest BCUT2D eigenvalue weighted by Crippen LogP contribution is 2.39. The predicted octanol–water partition coefficient (Wildman–Crippen LogP) is 5.77. The van der Waals surface area contributed by atoms with Gasteiger partial charge in [-0.25, -0.2) is 19.4 Å². The molecule has 0 bridgehead atoms. The third kappa shape index (κ3) is 27.6. The van der Waals surface area contributed by atoms with Gasteiger partial charge in [-0.3, -0.25) is 40.1 Å². The Balaban J connectivity index is 0.986. The zero-order valence-corrected chi connectivity index (χ0v) is 51.1. The number of alkyl carbamates (subject to hydrolysis) is 1. The minimum atomic E-state index is -4.85. The van der Waals surface area contributed by atoms with Gasteiger partial charge in [-0.15, -0.1) is 0 Å². The molecule has 3 N–H and O–H groups in total. The van der Waals surface area contributed by atoms with E-state index in [2.05, 4.69) is 25.8 Å². The number of thiazole rings is 1. The van der Waals surface area contributed by atoms with Crippen molar-refractivity contribution in [2.75, 3.05) is 189 Å². The number of hydrogen-bond acceptors (Lipinski definition) is 23. The molecular formula is C52H82ClF3N10O19S. The number of hydrogen-bond donors (Lipinski definition) is 3. The molecule has 0 spiro atoms. The summed E-state index contributed by atoms with van der Waals surface area (Å²) >= 11 is 6.25. The molecule has 2 aromatic rings. The van der Waals surface area contributed by atoms with Crippen molar-refractivity contribution in [2.45, 2.75) is 77.4 Å². The van der Waals surface area contributed by atoms with Crippen molar-refractivity contribution < 1.29 is 94.3 Å². The van der Waals surface area contributed by atoms with Gasteiger partial charge in [-0.05, 0) is 47.6 Å². The molecule has 4 rings (SSSR count). The normalized spacial score (nSPS) is 16.0. The Morgan fingerprint density at radius 3 is 1.64 bits per heavy atom. The van der Waals surface area contributed by atoms with Gasteiger partial charge >= 0.3 is 24.4 Å². The van der Waals surface area contributed by atoms with Crippen LogP contribution in [-0.4, -0.2) is 260 Å². The molecule has 2 atom stereocenters. The molecule has 5 amide bonds. The third-order valence-electron chi connectivity index (χ3n) is 12.5. The zero-order chi connectivity index (χ0) is 63.1. The van der Waals surface area contributed by atoms with Crippen molar-refractivity contribution in [1.29, 1.82) is 0 Å². The summed E-state index contributed by atoms with van der Waals surface area (Å²) in [6.45, 7) is 18.2. The Bertz CT molecular complexity index is 2410. The first-order valence-corrected chi connectivity index (χ1v) is 29.2. The molecule has 1 aromatic heterocycles. The van der Waals surface area contributed by atoms with E-state index in [-0.39, 0.29) is 113 Å². The first-order valence-electron chi connectivity index (χ1n) is 28.0. The number of rotatable bonds is 38. The maximum absolute atomic E-state index is 14.4. The first-order chi connectivity index (χ1) is 40.9. The lowest BCUT2D eigenvalue weighted by Crippen LogP contribution is -2.66. The van der Waals surface area contributed by atoms with E-state index in [1.165, 1.54) is 26.8 Å². The molecule has 0 radical (unpaired) electrons. The van der Waals surface area contributed by atoms with E-state index in [1.54, 1.807) is 20.8 Å². The monoisotopic (exact) mass is 1270 g/mol. The Kier molecular flexibility index (Phi) is 32.2. The SMILES string of the molecule is CC(C)(C)OC(=O)N1CCN(C(C)(C)C)CC1C(=O)N1CCN(C(=O)Nc2nc(C(F)(F)F)c(Cl)s2)C(CCOC(=O)NCCOCCOCCOCCOCCOCCOCCOCCOCCOCCNc2ccc([N+](=O)[O-])cc2[N+](=O)[O-])C1. The van der Waals surface area contributed by atoms with Crippen molar-refractivity contribution in [1.82, 2.24) is 29.9 Å². The highest BCUT2D eigenvalue weighted by atomic mass is 35.5. The molecule has 2 fully saturated rings. The molecule has 0 saturated carbocycles. The van der Waals surface area contributed by atoms with E-state index in [0.717, 1.165) is 6.07 Å². The van der Waals surface area contributed by atoms with Gasteiger partial charge in [-0.1, -0.05) is 22.9 Å². The summed E-state index contributed by atoms with van der Waals surface area (Å²) in [5.41, 5.74) is -3.09. The smallest absolute Gasteiger partial charge is 0.435 e. The van der Waals surface area contributed by atoms with Crippen molar-refractivity contribution in [3.05, 3.63) is 48.5 Å². The second kappa shape index (κ2) is 38.0. The van der Waals surface area contributed by atoms with E-state index >= 15 is 0 Å². The summed E-state index contributed by atoms with van der Waals surface area (Å²) in [6, 6.07) is 0.866. The zero-order valence-electron chi connectivity index (χ0n) is 49.5. The molecule has 29 nitrogen and oxygen atoms in total. The standard InChI is InChI=1S/C52H82ClF3N10O19S/c1-50(2,3)62-13-15-64(49(70)85-51(4,5)6)42(37-62)45(67)61-12-14-63(47(68)60-46-59-43(44(53)86-46)52(54,55)56)39(36-61)9-16-84-48(69)58-11-18-76-20-22-78-24-26-80-28-30-82-32-34-83-33-31-81-29-27-79-25-23-77-21-19-75-17-10-57-40-8-7-38(65(71)72)35-41(40)66(73)74/h7-8,35,39,42,57H,9-34,36-37H2,1-6H3,(H,58,69)(H,59,60,68). The minimum absolute atomic E-state index is 0.0290. The Morgan fingerprint density at radius 2 is 1.17 bits per heavy atom. The summed E-state index contributed by atoms with van der Waals surface area (Å²) in [5, 5.41) is 29.5. The number of nitro benzene ring substituents is 2. The van der Waals surface area contributed by atoms with Crippen LogP contribution in [0.4, 0.5) is 49.7 Å². The molecule has 2 unspecified atom stereocenters. The lowest BCUT2D eigenvalue weighted by Gasteiger charge is -2.48.